The molecule has 0 saturated heterocycles. The minimum Gasteiger partial charge on any atom is -0.497 e. The average molecular weight is 2160 g/mol. The number of ether oxygens (including phenoxy) is 5. The van der Waals surface area contributed by atoms with Gasteiger partial charge in [-0.15, -0.1) is 11.8 Å². The number of carbonyl (C=O) groups is 3. The molecule has 16 rings (SSSR count). The lowest BCUT2D eigenvalue weighted by Crippen LogP contribution is -2.29. The SMILES string of the molecule is CC(C)CNC(=O)c1ccccc1.CC(C)NC(=O)c1ccccc1.CCCS(=O)(=O)Nc1ccccc1.CCOC1C=CC(c2ccccc2)=CC1.CCc1ccc(Cl)cc1.CN(C)C(=O)c1ccccc1.CN(C)S(=O)(=O)c1ccccc1.COc1c(Cl)cccc1Cl.COc1cc(Cl)ccc1Cl.COc1ccc2ccccc2c1.COc1ccccc1Cl.CSc1ccccc1C.c1ccc(-c2ccccc2)cc1. The first-order valence-corrected chi connectivity index (χ1v) is 53.9. The zero-order chi connectivity index (χ0) is 108. The van der Waals surface area contributed by atoms with Crippen molar-refractivity contribution in [3.63, 3.8) is 0 Å². The van der Waals surface area contributed by atoms with Crippen molar-refractivity contribution in [1.29, 1.82) is 0 Å². The highest BCUT2D eigenvalue weighted by Gasteiger charge is 2.17. The van der Waals surface area contributed by atoms with Crippen molar-refractivity contribution < 1.29 is 54.9 Å². The topological polar surface area (TPSA) is 208 Å². The van der Waals surface area contributed by atoms with E-state index in [-0.39, 0.29) is 35.6 Å². The van der Waals surface area contributed by atoms with Gasteiger partial charge in [0.1, 0.15) is 17.2 Å². The van der Waals surface area contributed by atoms with Gasteiger partial charge in [0.05, 0.1) is 65.3 Å². The number of hydrogen-bond donors (Lipinski definition) is 3. The molecule has 0 aliphatic heterocycles. The molecule has 17 nitrogen and oxygen atoms in total. The van der Waals surface area contributed by atoms with E-state index in [2.05, 4.69) is 183 Å². The smallest absolute Gasteiger partial charge is 0.253 e. The summed E-state index contributed by atoms with van der Waals surface area (Å²) in [5.41, 5.74) is 10.6. The van der Waals surface area contributed by atoms with Crippen LogP contribution in [0.2, 0.25) is 30.1 Å². The number of allylic oxidation sites excluding steroid dienone is 2. The van der Waals surface area contributed by atoms with Crippen LogP contribution in [0.3, 0.4) is 0 Å². The van der Waals surface area contributed by atoms with E-state index in [0.29, 0.717) is 65.1 Å². The summed E-state index contributed by atoms with van der Waals surface area (Å²) in [6.07, 6.45) is 11.6. The lowest BCUT2D eigenvalue weighted by atomic mass is 9.98. The van der Waals surface area contributed by atoms with Crippen LogP contribution in [0.25, 0.3) is 27.5 Å². The van der Waals surface area contributed by atoms with E-state index in [0.717, 1.165) is 53.6 Å². The predicted octanol–water partition coefficient (Wildman–Crippen LogP) is 31.7. The molecule has 0 fully saturated rings. The minimum absolute atomic E-state index is 0.00861. The molecular weight excluding hydrogens is 2020 g/mol. The van der Waals surface area contributed by atoms with Crippen LogP contribution < -0.4 is 34.3 Å². The monoisotopic (exact) mass is 2160 g/mol. The minimum atomic E-state index is -3.24. The number of carbonyl (C=O) groups excluding carboxylic acids is 3. The first-order valence-electron chi connectivity index (χ1n) is 47.3. The van der Waals surface area contributed by atoms with Crippen molar-refractivity contribution in [2.45, 2.75) is 96.6 Å². The van der Waals surface area contributed by atoms with Gasteiger partial charge in [-0.1, -0.05) is 376 Å². The van der Waals surface area contributed by atoms with Crippen molar-refractivity contribution >= 4 is 141 Å². The van der Waals surface area contributed by atoms with Crippen LogP contribution in [-0.4, -0.2) is 138 Å². The largest absolute Gasteiger partial charge is 0.497 e. The maximum absolute atomic E-state index is 11.5. The molecule has 3 N–H and O–H groups in total. The molecule has 0 radical (unpaired) electrons. The van der Waals surface area contributed by atoms with E-state index < -0.39 is 20.0 Å². The normalized spacial score (nSPS) is 11.0. The summed E-state index contributed by atoms with van der Waals surface area (Å²) in [5, 5.41) is 11.9. The Balaban J connectivity index is 0.000000332. The van der Waals surface area contributed by atoms with Crippen LogP contribution in [0.15, 0.2) is 422 Å². The fraction of sp³-hybridized carbons (Fsp3) is 0.215. The molecule has 1 atom stereocenters. The summed E-state index contributed by atoms with van der Waals surface area (Å²) < 4.78 is 74.6. The molecule has 3 amide bonds. The molecule has 0 spiro atoms. The molecule has 1 aliphatic rings. The second-order valence-corrected chi connectivity index (χ2v) is 39.9. The molecule has 1 unspecified atom stereocenters. The fourth-order valence-corrected chi connectivity index (χ4v) is 16.2. The Morgan fingerprint density at radius 3 is 1.31 bits per heavy atom. The van der Waals surface area contributed by atoms with Crippen LogP contribution in [0.1, 0.15) is 109 Å². The first kappa shape index (κ1) is 127. The zero-order valence-corrected chi connectivity index (χ0v) is 93.5. The van der Waals surface area contributed by atoms with Gasteiger partial charge in [-0.2, -0.15) is 0 Å². The summed E-state index contributed by atoms with van der Waals surface area (Å²) >= 11 is 36.0. The molecule has 0 aromatic heterocycles. The molecule has 778 valence electrons. The first-order chi connectivity index (χ1) is 70.6. The maximum Gasteiger partial charge on any atom is 0.253 e. The molecule has 26 heteroatoms. The van der Waals surface area contributed by atoms with Gasteiger partial charge in [0, 0.05) is 90.8 Å². The number of para-hydroxylation sites is 3. The second kappa shape index (κ2) is 73.4. The number of anilines is 1. The standard InChI is InChI=1S/C14H16O.C12H10.C11H15NO.C11H10O.C10H13NO.C9H13NO2S.C9H11NO.C8H9Cl.C8H11NO2S.C8H10S.2C7H6Cl2O.C7H7ClO/c1-2-15-14-10-8-13(9-11-14)12-6-4-3-5-7-12;1-3-7-11(8-4-1)12-9-5-2-6-10-12;1-9(2)8-12-11(13)10-6-4-3-5-7-10;1-12-11-7-6-9-4-2-3-5-10(9)8-11;1-8(2)11-10(12)9-6-4-3-5-7-9;1-2-8-13(11,12)10-9-6-4-3-5-7-9;1-10(2)9(11)8-6-4-3-5-7-8;1-2-7-3-5-8(9)6-4-7;1-9(2)12(10,11)8-6-4-3-5-7-8;1-7-5-3-4-6-8(7)9-2;1-10-7-4-5(8)2-3-6(7)9;1-10-7-5(8)3-2-4-6(7)9;1-9-7-5-3-2-4-6(7)8/h3-10,14H,2,11H2,1H3;1-10H;3-7,9H,8H2,1-2H3,(H,12,13);2-8H,1H3;3-8H,1-2H3,(H,11,12);3-7,10H,2,8H2,1H3;3-7H,1-2H3;3-6H,2H2,1H3;3-7H,1-2H3;3-6H,1-2H3;2*2-4H,1H3;2-5H,1H3. The number of nitrogens with one attached hydrogen (secondary N) is 3. The van der Waals surface area contributed by atoms with E-state index in [4.69, 9.17) is 93.3 Å². The molecular formula is C121H137Cl6N5O12S3. The van der Waals surface area contributed by atoms with Crippen LogP contribution in [0, 0.1) is 12.8 Å². The van der Waals surface area contributed by atoms with Gasteiger partial charge in [-0.05, 0) is 231 Å². The van der Waals surface area contributed by atoms with E-state index in [9.17, 15) is 31.2 Å². The van der Waals surface area contributed by atoms with E-state index in [1.54, 1.807) is 161 Å². The Morgan fingerprint density at radius 1 is 0.442 bits per heavy atom. The number of rotatable bonds is 22. The lowest BCUT2D eigenvalue weighted by molar-refractivity contribution is 0.0826. The number of benzene rings is 15. The molecule has 15 aromatic carbocycles. The van der Waals surface area contributed by atoms with Crippen LogP contribution >= 0.6 is 81.4 Å². The Morgan fingerprint density at radius 2 is 0.891 bits per heavy atom. The number of sulfonamides is 2. The number of methoxy groups -OCH3 is 4. The Bertz CT molecular complexity index is 6400. The molecule has 1 aliphatic carbocycles. The molecule has 15 aromatic rings. The van der Waals surface area contributed by atoms with Gasteiger partial charge in [0.15, 0.2) is 5.75 Å². The van der Waals surface area contributed by atoms with E-state index in [1.165, 1.54) is 74.6 Å². The zero-order valence-electron chi connectivity index (χ0n) is 86.5. The summed E-state index contributed by atoms with van der Waals surface area (Å²) in [5.74, 6) is 3.48. The number of hydrogen-bond acceptors (Lipinski definition) is 13. The van der Waals surface area contributed by atoms with Crippen molar-refractivity contribution in [2.24, 2.45) is 5.92 Å². The Labute approximate surface area is 907 Å². The summed E-state index contributed by atoms with van der Waals surface area (Å²) in [6.45, 7) is 17.7. The van der Waals surface area contributed by atoms with Crippen LogP contribution in [0.4, 0.5) is 5.69 Å². The van der Waals surface area contributed by atoms with Gasteiger partial charge >= 0.3 is 0 Å². The third-order valence-corrected chi connectivity index (χ3v) is 25.9. The van der Waals surface area contributed by atoms with Gasteiger partial charge < -0.3 is 39.2 Å². The Hall–Kier alpha value is -12.6. The highest BCUT2D eigenvalue weighted by atomic mass is 35.5. The second-order valence-electron chi connectivity index (χ2n) is 32.6. The highest BCUT2D eigenvalue weighted by molar-refractivity contribution is 7.98. The van der Waals surface area contributed by atoms with E-state index >= 15 is 0 Å². The van der Waals surface area contributed by atoms with Crippen LogP contribution in [0.5, 0.6) is 23.0 Å². The fourth-order valence-electron chi connectivity index (χ4n) is 12.3. The number of halogens is 6. The van der Waals surface area contributed by atoms with Crippen molar-refractivity contribution in [3.8, 4) is 34.1 Å². The number of thioether (sulfide) groups is 1. The van der Waals surface area contributed by atoms with Gasteiger partial charge in [0.25, 0.3) is 17.7 Å². The third kappa shape index (κ3) is 52.5. The molecule has 0 saturated carbocycles. The molecule has 147 heavy (non-hydrogen) atoms. The maximum atomic E-state index is 11.5. The predicted molar refractivity (Wildman–Crippen MR) is 622 cm³/mol. The number of aryl methyl sites for hydroxylation is 2. The number of amides is 3. The van der Waals surface area contributed by atoms with Crippen molar-refractivity contribution in [1.82, 2.24) is 19.8 Å². The molecule has 0 bridgehead atoms. The van der Waals surface area contributed by atoms with Crippen molar-refractivity contribution in [2.75, 3.05) is 86.5 Å². The number of nitrogens with zero attached hydrogens (tertiary/aromatic N) is 2. The number of fused-ring (bicyclic) bond motifs is 1. The van der Waals surface area contributed by atoms with Crippen molar-refractivity contribution in [3.05, 3.63) is 476 Å². The highest BCUT2D eigenvalue weighted by Crippen LogP contribution is 2.33. The Kier molecular flexibility index (Phi) is 63.3. The average Bonchev–Trinajstić information content (AvgIpc) is 0.837. The van der Waals surface area contributed by atoms with Crippen LogP contribution in [-0.2, 0) is 31.2 Å². The third-order valence-electron chi connectivity index (χ3n) is 19.9. The quantitative estimate of drug-likeness (QED) is 0.0540. The van der Waals surface area contributed by atoms with E-state index in [1.807, 2.05) is 198 Å². The lowest BCUT2D eigenvalue weighted by Gasteiger charge is -2.16. The summed E-state index contributed by atoms with van der Waals surface area (Å²) in [6, 6.07) is 125. The summed E-state index contributed by atoms with van der Waals surface area (Å²) in [7, 11) is 6.52. The van der Waals surface area contributed by atoms with Gasteiger partial charge in [0.2, 0.25) is 20.0 Å². The van der Waals surface area contributed by atoms with Gasteiger partial charge in [-0.3, -0.25) is 19.1 Å². The van der Waals surface area contributed by atoms with Gasteiger partial charge in [-0.25, -0.2) is 21.1 Å². The molecule has 0 heterocycles. The summed E-state index contributed by atoms with van der Waals surface area (Å²) in [4.78, 5) is 37.3.